The van der Waals surface area contributed by atoms with Crippen molar-refractivity contribution < 1.29 is 24.3 Å². The average molecular weight is 839 g/mol. The summed E-state index contributed by atoms with van der Waals surface area (Å²) in [5.41, 5.74) is 1.51. The highest BCUT2D eigenvalue weighted by molar-refractivity contribution is 14.1. The zero-order valence-corrected chi connectivity index (χ0v) is 28.0. The van der Waals surface area contributed by atoms with Gasteiger partial charge in [-0.15, -0.1) is 0 Å². The van der Waals surface area contributed by atoms with E-state index in [1.54, 1.807) is 14.1 Å². The summed E-state index contributed by atoms with van der Waals surface area (Å²) >= 11 is 6.27. The summed E-state index contributed by atoms with van der Waals surface area (Å²) in [5, 5.41) is 12.3. The van der Waals surface area contributed by atoms with Crippen LogP contribution in [0.15, 0.2) is 0 Å². The summed E-state index contributed by atoms with van der Waals surface area (Å²) in [6.07, 6.45) is 7.64. The fraction of sp³-hybridized carbons (Fsp3) is 0.600. The van der Waals surface area contributed by atoms with E-state index in [1.807, 2.05) is 0 Å². The summed E-state index contributed by atoms with van der Waals surface area (Å²) in [4.78, 5) is 52.3. The van der Waals surface area contributed by atoms with Crippen LogP contribution >= 0.6 is 67.8 Å². The average Bonchev–Trinajstić information content (AvgIpc) is 2.78. The molecule has 36 heavy (non-hydrogen) atoms. The maximum atomic E-state index is 13.6. The van der Waals surface area contributed by atoms with E-state index >= 15 is 0 Å². The molecule has 8 nitrogen and oxygen atoms in total. The van der Waals surface area contributed by atoms with Crippen molar-refractivity contribution in [1.29, 1.82) is 0 Å². The first-order valence-corrected chi connectivity index (χ1v) is 15.3. The molecule has 0 aliphatic heterocycles. The number of carbonyl (C=O) groups excluding carboxylic acids is 3. The van der Waals surface area contributed by atoms with E-state index in [0.29, 0.717) is 40.5 Å². The Bertz CT molecular complexity index is 924. The van der Waals surface area contributed by atoms with Gasteiger partial charge in [-0.05, 0) is 80.6 Å². The smallest absolute Gasteiger partial charge is 0.303 e. The number of rotatable bonds is 14. The van der Waals surface area contributed by atoms with Crippen molar-refractivity contribution in [2.75, 3.05) is 23.9 Å². The molecule has 0 aromatic heterocycles. The van der Waals surface area contributed by atoms with Gasteiger partial charge >= 0.3 is 5.97 Å². The number of aliphatic carboxylic acids is 1. The van der Waals surface area contributed by atoms with Gasteiger partial charge in [0.1, 0.15) is 0 Å². The molecule has 0 fully saturated rings. The molecule has 202 valence electrons. The first-order valence-electron chi connectivity index (χ1n) is 12.1. The van der Waals surface area contributed by atoms with E-state index in [1.165, 1.54) is 42.9 Å². The summed E-state index contributed by atoms with van der Waals surface area (Å²) in [6, 6.07) is -0.284. The number of carboxylic acid groups (broad SMARTS) is 1. The lowest BCUT2D eigenvalue weighted by Gasteiger charge is -2.28. The second kappa shape index (κ2) is 16.3. The van der Waals surface area contributed by atoms with Crippen LogP contribution in [0.4, 0.5) is 11.4 Å². The Kier molecular flexibility index (Phi) is 15.1. The molecule has 0 spiro atoms. The van der Waals surface area contributed by atoms with Crippen LogP contribution in [0.5, 0.6) is 0 Å². The van der Waals surface area contributed by atoms with E-state index in [0.717, 1.165) is 19.3 Å². The van der Waals surface area contributed by atoms with Crippen molar-refractivity contribution in [2.45, 2.75) is 84.6 Å². The van der Waals surface area contributed by atoms with Crippen LogP contribution in [0.25, 0.3) is 0 Å². The predicted molar refractivity (Wildman–Crippen MR) is 169 cm³/mol. The maximum absolute atomic E-state index is 13.6. The van der Waals surface area contributed by atoms with Gasteiger partial charge in [-0.25, -0.2) is 0 Å². The number of hydrogen-bond donors (Lipinski definition) is 2. The van der Waals surface area contributed by atoms with E-state index in [-0.39, 0.29) is 30.2 Å². The number of carbonyl (C=O) groups is 4. The molecule has 0 bridgehead atoms. The highest BCUT2D eigenvalue weighted by Gasteiger charge is 2.30. The van der Waals surface area contributed by atoms with Gasteiger partial charge in [-0.3, -0.25) is 19.2 Å². The monoisotopic (exact) mass is 839 g/mol. The van der Waals surface area contributed by atoms with Crippen molar-refractivity contribution >= 4 is 103 Å². The topological polar surface area (TPSA) is 107 Å². The lowest BCUT2D eigenvalue weighted by Crippen LogP contribution is -2.37. The number of halogens is 3. The van der Waals surface area contributed by atoms with Gasteiger partial charge in [0.25, 0.3) is 5.91 Å². The van der Waals surface area contributed by atoms with Crippen LogP contribution in [0.3, 0.4) is 0 Å². The molecular weight excluding hydrogens is 803 g/mol. The molecule has 0 heterocycles. The number of nitrogens with zero attached hydrogens (tertiary/aromatic N) is 2. The Morgan fingerprint density at radius 3 is 1.72 bits per heavy atom. The summed E-state index contributed by atoms with van der Waals surface area (Å²) < 4.78 is 1.91. The van der Waals surface area contributed by atoms with Gasteiger partial charge < -0.3 is 20.2 Å². The number of amides is 3. The molecule has 3 amide bonds. The minimum absolute atomic E-state index is 0.0295. The van der Waals surface area contributed by atoms with Crippen LogP contribution < -0.4 is 15.1 Å². The number of carboxylic acids is 1. The number of hydrogen-bond acceptors (Lipinski definition) is 4. The maximum Gasteiger partial charge on any atom is 0.303 e. The molecule has 1 rings (SSSR count). The fourth-order valence-electron chi connectivity index (χ4n) is 3.76. The molecule has 0 saturated heterocycles. The molecule has 2 N–H and O–H groups in total. The van der Waals surface area contributed by atoms with Crippen molar-refractivity contribution in [1.82, 2.24) is 5.32 Å². The summed E-state index contributed by atoms with van der Waals surface area (Å²) in [7, 11) is 3.28. The number of benzene rings is 1. The molecular formula is C25H36I3N3O5. The molecule has 0 aliphatic carbocycles. The Labute approximate surface area is 255 Å². The van der Waals surface area contributed by atoms with E-state index < -0.39 is 5.97 Å². The molecule has 0 radical (unpaired) electrons. The van der Waals surface area contributed by atoms with Gasteiger partial charge in [-0.2, -0.15) is 0 Å². The molecule has 1 atom stereocenters. The van der Waals surface area contributed by atoms with Gasteiger partial charge in [0.15, 0.2) is 0 Å². The highest BCUT2D eigenvalue weighted by atomic mass is 127. The molecule has 1 unspecified atom stereocenters. The fourth-order valence-corrected chi connectivity index (χ4v) is 8.86. The van der Waals surface area contributed by atoms with Crippen LogP contribution in [-0.2, 0) is 14.4 Å². The van der Waals surface area contributed by atoms with Gasteiger partial charge in [0.2, 0.25) is 11.8 Å². The van der Waals surface area contributed by atoms with Crippen LogP contribution in [-0.4, -0.2) is 48.9 Å². The van der Waals surface area contributed by atoms with Gasteiger partial charge in [-0.1, -0.05) is 45.4 Å². The lowest BCUT2D eigenvalue weighted by atomic mass is 10.0. The van der Waals surface area contributed by atoms with Gasteiger partial charge in [0, 0.05) is 40.4 Å². The molecule has 0 aliphatic rings. The normalized spacial score (nSPS) is 11.7. The third-order valence-electron chi connectivity index (χ3n) is 6.06. The lowest BCUT2D eigenvalue weighted by molar-refractivity contribution is -0.137. The van der Waals surface area contributed by atoms with Crippen LogP contribution in [0.1, 0.15) is 88.9 Å². The highest BCUT2D eigenvalue weighted by Crippen LogP contribution is 2.42. The molecule has 1 aromatic carbocycles. The first-order chi connectivity index (χ1) is 16.8. The first kappa shape index (κ1) is 33.3. The predicted octanol–water partition coefficient (Wildman–Crippen LogP) is 6.18. The van der Waals surface area contributed by atoms with E-state index in [4.69, 9.17) is 0 Å². The Morgan fingerprint density at radius 2 is 1.28 bits per heavy atom. The zero-order valence-electron chi connectivity index (χ0n) is 21.5. The second-order valence-corrected chi connectivity index (χ2v) is 12.1. The van der Waals surface area contributed by atoms with Crippen LogP contribution in [0, 0.1) is 10.7 Å². The largest absolute Gasteiger partial charge is 0.481 e. The second-order valence-electron chi connectivity index (χ2n) is 8.83. The molecule has 11 heteroatoms. The Morgan fingerprint density at radius 1 is 0.806 bits per heavy atom. The summed E-state index contributed by atoms with van der Waals surface area (Å²) in [5.74, 6) is -1.63. The minimum Gasteiger partial charge on any atom is -0.481 e. The number of unbranched alkanes of at least 4 members (excludes halogenated alkanes) is 5. The third kappa shape index (κ3) is 9.55. The van der Waals surface area contributed by atoms with Crippen molar-refractivity contribution in [3.05, 3.63) is 16.3 Å². The SMILES string of the molecule is CCCCCCCCC(CCC(=O)O)NC(=O)c1c(I)c(N(C)C(C)=O)c(I)c(N(C)C(C)=O)c1I. The standard InChI is InChI=1S/C25H36I3N3O5/c1-6-7-8-9-10-11-12-17(13-14-18(34)35)29-25(36)19-20(26)23(30(4)15(2)32)22(28)24(21(19)27)31(5)16(3)33/h17H,6-14H2,1-5H3,(H,29,36)(H,34,35). The Hall–Kier alpha value is -0.710. The van der Waals surface area contributed by atoms with E-state index in [9.17, 15) is 24.3 Å². The molecule has 0 saturated carbocycles. The third-order valence-corrected chi connectivity index (χ3v) is 9.18. The summed E-state index contributed by atoms with van der Waals surface area (Å²) in [6.45, 7) is 5.06. The number of nitrogens with one attached hydrogen (secondary N) is 1. The zero-order chi connectivity index (χ0) is 27.6. The minimum atomic E-state index is -0.897. The van der Waals surface area contributed by atoms with Crippen LogP contribution in [0.2, 0.25) is 0 Å². The quantitative estimate of drug-likeness (QED) is 0.172. The van der Waals surface area contributed by atoms with Gasteiger partial charge in [0.05, 0.1) is 27.6 Å². The van der Waals surface area contributed by atoms with Crippen molar-refractivity contribution in [2.24, 2.45) is 0 Å². The van der Waals surface area contributed by atoms with Crippen molar-refractivity contribution in [3.8, 4) is 0 Å². The molecule has 1 aromatic rings. The van der Waals surface area contributed by atoms with E-state index in [2.05, 4.69) is 80.0 Å². The van der Waals surface area contributed by atoms with Crippen molar-refractivity contribution in [3.63, 3.8) is 0 Å². The Balaban J connectivity index is 3.39. The number of anilines is 2.